The number of nitrogens with one attached hydrogen (secondary N) is 1. The first-order valence-electron chi connectivity index (χ1n) is 7.47. The SMILES string of the molecule is CC(C)CCN(CCCCC(=N)N)CCC(C)C. The van der Waals surface area contributed by atoms with Gasteiger partial charge in [-0.3, -0.25) is 5.41 Å². The second-order valence-corrected chi connectivity index (χ2v) is 6.19. The molecule has 0 saturated heterocycles. The lowest BCUT2D eigenvalue weighted by atomic mass is 10.1. The molecule has 0 heterocycles. The Balaban J connectivity index is 3.84. The zero-order valence-corrected chi connectivity index (χ0v) is 12.8. The van der Waals surface area contributed by atoms with Gasteiger partial charge < -0.3 is 10.6 Å². The van der Waals surface area contributed by atoms with Crippen molar-refractivity contribution < 1.29 is 0 Å². The summed E-state index contributed by atoms with van der Waals surface area (Å²) in [6.07, 6.45) is 5.53. The lowest BCUT2D eigenvalue weighted by molar-refractivity contribution is 0.239. The Morgan fingerprint density at radius 2 is 1.44 bits per heavy atom. The second-order valence-electron chi connectivity index (χ2n) is 6.19. The molecule has 0 radical (unpaired) electrons. The van der Waals surface area contributed by atoms with Crippen LogP contribution in [-0.4, -0.2) is 30.4 Å². The summed E-state index contributed by atoms with van der Waals surface area (Å²) in [6.45, 7) is 12.7. The minimum Gasteiger partial charge on any atom is -0.388 e. The van der Waals surface area contributed by atoms with Gasteiger partial charge in [0.1, 0.15) is 0 Å². The van der Waals surface area contributed by atoms with Crippen molar-refractivity contribution in [3.05, 3.63) is 0 Å². The maximum absolute atomic E-state index is 7.22. The fourth-order valence-corrected chi connectivity index (χ4v) is 1.87. The summed E-state index contributed by atoms with van der Waals surface area (Å²) < 4.78 is 0. The molecular weight excluding hydrogens is 222 g/mol. The third-order valence-corrected chi connectivity index (χ3v) is 3.22. The number of hydrogen-bond acceptors (Lipinski definition) is 2. The highest BCUT2D eigenvalue weighted by molar-refractivity contribution is 5.76. The third-order valence-electron chi connectivity index (χ3n) is 3.22. The van der Waals surface area contributed by atoms with Crippen molar-refractivity contribution in [1.82, 2.24) is 4.90 Å². The lowest BCUT2D eigenvalue weighted by Gasteiger charge is -2.24. The molecule has 3 N–H and O–H groups in total. The van der Waals surface area contributed by atoms with Crippen LogP contribution in [0.4, 0.5) is 0 Å². The highest BCUT2D eigenvalue weighted by Gasteiger charge is 2.07. The third kappa shape index (κ3) is 11.9. The molecule has 108 valence electrons. The molecule has 0 saturated carbocycles. The van der Waals surface area contributed by atoms with Crippen molar-refractivity contribution in [3.63, 3.8) is 0 Å². The number of amidine groups is 1. The molecule has 0 aromatic carbocycles. The summed E-state index contributed by atoms with van der Waals surface area (Å²) in [5.74, 6) is 1.89. The second kappa shape index (κ2) is 10.4. The maximum atomic E-state index is 7.22. The van der Waals surface area contributed by atoms with Crippen molar-refractivity contribution in [2.75, 3.05) is 19.6 Å². The normalized spacial score (nSPS) is 11.7. The van der Waals surface area contributed by atoms with E-state index in [0.717, 1.165) is 37.6 Å². The Hall–Kier alpha value is -0.570. The van der Waals surface area contributed by atoms with E-state index in [1.165, 1.54) is 25.9 Å². The number of nitrogens with zero attached hydrogens (tertiary/aromatic N) is 1. The molecule has 0 bridgehead atoms. The molecule has 0 amide bonds. The highest BCUT2D eigenvalue weighted by atomic mass is 15.1. The molecule has 0 aliphatic carbocycles. The maximum Gasteiger partial charge on any atom is 0.0905 e. The standard InChI is InChI=1S/C15H33N3/c1-13(2)8-11-18(12-9-14(3)4)10-6-5-7-15(16)17/h13-14H,5-12H2,1-4H3,(H3,16,17). The van der Waals surface area contributed by atoms with Crippen LogP contribution in [0.3, 0.4) is 0 Å². The largest absolute Gasteiger partial charge is 0.388 e. The van der Waals surface area contributed by atoms with E-state index in [4.69, 9.17) is 11.1 Å². The van der Waals surface area contributed by atoms with Crippen LogP contribution >= 0.6 is 0 Å². The molecule has 0 aromatic heterocycles. The van der Waals surface area contributed by atoms with Crippen molar-refractivity contribution in [1.29, 1.82) is 5.41 Å². The molecule has 3 heteroatoms. The van der Waals surface area contributed by atoms with Gasteiger partial charge in [-0.15, -0.1) is 0 Å². The highest BCUT2D eigenvalue weighted by Crippen LogP contribution is 2.08. The number of nitrogens with two attached hydrogens (primary N) is 1. The fourth-order valence-electron chi connectivity index (χ4n) is 1.87. The molecule has 3 nitrogen and oxygen atoms in total. The molecule has 0 atom stereocenters. The molecule has 0 unspecified atom stereocenters. The average Bonchev–Trinajstić information content (AvgIpc) is 2.25. The van der Waals surface area contributed by atoms with Gasteiger partial charge in [-0.1, -0.05) is 27.7 Å². The summed E-state index contributed by atoms with van der Waals surface area (Å²) >= 11 is 0. The van der Waals surface area contributed by atoms with Crippen LogP contribution in [0.25, 0.3) is 0 Å². The van der Waals surface area contributed by atoms with Crippen molar-refractivity contribution >= 4 is 5.84 Å². The lowest BCUT2D eigenvalue weighted by Crippen LogP contribution is -2.29. The van der Waals surface area contributed by atoms with Gasteiger partial charge in [0.2, 0.25) is 0 Å². The monoisotopic (exact) mass is 255 g/mol. The fraction of sp³-hybridized carbons (Fsp3) is 0.933. The Morgan fingerprint density at radius 3 is 1.83 bits per heavy atom. The Labute approximate surface area is 114 Å². The minimum absolute atomic E-state index is 0.325. The molecule has 0 aliphatic heterocycles. The molecule has 0 aromatic rings. The molecule has 0 spiro atoms. The number of rotatable bonds is 11. The van der Waals surface area contributed by atoms with Gasteiger partial charge in [-0.05, 0) is 57.2 Å². The minimum atomic E-state index is 0.325. The van der Waals surface area contributed by atoms with Gasteiger partial charge in [-0.2, -0.15) is 0 Å². The molecule has 0 aliphatic rings. The summed E-state index contributed by atoms with van der Waals surface area (Å²) in [7, 11) is 0. The van der Waals surface area contributed by atoms with Crippen molar-refractivity contribution in [2.45, 2.75) is 59.8 Å². The van der Waals surface area contributed by atoms with E-state index in [-0.39, 0.29) is 0 Å². The molecule has 18 heavy (non-hydrogen) atoms. The first-order chi connectivity index (χ1) is 8.41. The summed E-state index contributed by atoms with van der Waals surface area (Å²) in [4.78, 5) is 2.58. The number of unbranched alkanes of at least 4 members (excludes halogenated alkanes) is 1. The van der Waals surface area contributed by atoms with E-state index in [0.29, 0.717) is 5.84 Å². The molecule has 0 rings (SSSR count). The molecular formula is C15H33N3. The Bertz CT molecular complexity index is 200. The van der Waals surface area contributed by atoms with Crippen LogP contribution in [0.2, 0.25) is 0 Å². The summed E-state index contributed by atoms with van der Waals surface area (Å²) in [6, 6.07) is 0. The Kier molecular flexibility index (Phi) is 10.0. The topological polar surface area (TPSA) is 53.1 Å². The van der Waals surface area contributed by atoms with E-state index in [2.05, 4.69) is 32.6 Å². The van der Waals surface area contributed by atoms with Crippen molar-refractivity contribution in [2.24, 2.45) is 17.6 Å². The number of hydrogen-bond donors (Lipinski definition) is 2. The van der Waals surface area contributed by atoms with Crippen molar-refractivity contribution in [3.8, 4) is 0 Å². The predicted molar refractivity (Wildman–Crippen MR) is 81.1 cm³/mol. The quantitative estimate of drug-likeness (QED) is 0.337. The Morgan fingerprint density at radius 1 is 0.944 bits per heavy atom. The van der Waals surface area contributed by atoms with Gasteiger partial charge in [0.05, 0.1) is 5.84 Å². The summed E-state index contributed by atoms with van der Waals surface area (Å²) in [5, 5.41) is 7.22. The van der Waals surface area contributed by atoms with Crippen LogP contribution in [0.15, 0.2) is 0 Å². The van der Waals surface area contributed by atoms with E-state index in [9.17, 15) is 0 Å². The zero-order chi connectivity index (χ0) is 14.0. The van der Waals surface area contributed by atoms with Crippen LogP contribution in [0.1, 0.15) is 59.8 Å². The summed E-state index contributed by atoms with van der Waals surface area (Å²) in [5.41, 5.74) is 5.38. The van der Waals surface area contributed by atoms with Crippen LogP contribution in [-0.2, 0) is 0 Å². The van der Waals surface area contributed by atoms with Crippen LogP contribution < -0.4 is 5.73 Å². The first kappa shape index (κ1) is 17.4. The molecule has 0 fully saturated rings. The van der Waals surface area contributed by atoms with Gasteiger partial charge in [0.25, 0.3) is 0 Å². The predicted octanol–water partition coefficient (Wildman–Crippen LogP) is 3.49. The van der Waals surface area contributed by atoms with Gasteiger partial charge in [0.15, 0.2) is 0 Å². The van der Waals surface area contributed by atoms with E-state index >= 15 is 0 Å². The van der Waals surface area contributed by atoms with Gasteiger partial charge >= 0.3 is 0 Å². The average molecular weight is 255 g/mol. The van der Waals surface area contributed by atoms with Gasteiger partial charge in [-0.25, -0.2) is 0 Å². The van der Waals surface area contributed by atoms with Crippen LogP contribution in [0, 0.1) is 17.2 Å². The smallest absolute Gasteiger partial charge is 0.0905 e. The van der Waals surface area contributed by atoms with Crippen LogP contribution in [0.5, 0.6) is 0 Å². The van der Waals surface area contributed by atoms with E-state index in [1.807, 2.05) is 0 Å². The van der Waals surface area contributed by atoms with E-state index in [1.54, 1.807) is 0 Å². The van der Waals surface area contributed by atoms with Gasteiger partial charge in [0, 0.05) is 6.42 Å². The first-order valence-corrected chi connectivity index (χ1v) is 7.47. The zero-order valence-electron chi connectivity index (χ0n) is 12.8. The van der Waals surface area contributed by atoms with E-state index < -0.39 is 0 Å².